The van der Waals surface area contributed by atoms with Crippen LogP contribution in [0.2, 0.25) is 0 Å². The first-order valence-corrected chi connectivity index (χ1v) is 9.30. The van der Waals surface area contributed by atoms with Gasteiger partial charge in [0, 0.05) is 18.3 Å². The van der Waals surface area contributed by atoms with Crippen molar-refractivity contribution in [1.82, 2.24) is 15.6 Å². The van der Waals surface area contributed by atoms with E-state index in [4.69, 9.17) is 10.00 Å². The molecule has 140 valence electrons. The molecule has 0 bridgehead atoms. The fraction of sp³-hybridized carbons (Fsp3) is 0.381. The Morgan fingerprint density at radius 1 is 1.30 bits per heavy atom. The number of rotatable bonds is 6. The van der Waals surface area contributed by atoms with Crippen LogP contribution < -0.4 is 15.4 Å². The van der Waals surface area contributed by atoms with Gasteiger partial charge in [0.2, 0.25) is 5.88 Å². The summed E-state index contributed by atoms with van der Waals surface area (Å²) in [5.41, 5.74) is 2.41. The smallest absolute Gasteiger partial charge is 0.315 e. The molecule has 1 fully saturated rings. The third-order valence-corrected chi connectivity index (χ3v) is 4.76. The van der Waals surface area contributed by atoms with Crippen molar-refractivity contribution in [1.29, 1.82) is 5.26 Å². The van der Waals surface area contributed by atoms with Gasteiger partial charge in [0.1, 0.15) is 6.10 Å². The summed E-state index contributed by atoms with van der Waals surface area (Å²) in [4.78, 5) is 16.6. The number of nitrogens with zero attached hydrogens (tertiary/aromatic N) is 2. The summed E-state index contributed by atoms with van der Waals surface area (Å²) in [7, 11) is 0. The van der Waals surface area contributed by atoms with Crippen LogP contribution >= 0.6 is 0 Å². The van der Waals surface area contributed by atoms with Crippen molar-refractivity contribution in [2.45, 2.75) is 51.3 Å². The third kappa shape index (κ3) is 5.20. The van der Waals surface area contributed by atoms with Crippen molar-refractivity contribution >= 4 is 6.03 Å². The summed E-state index contributed by atoms with van der Waals surface area (Å²) in [5, 5.41) is 14.6. The van der Waals surface area contributed by atoms with Crippen LogP contribution in [-0.4, -0.2) is 17.1 Å². The normalized spacial score (nSPS) is 15.0. The number of pyridine rings is 1. The number of ether oxygens (including phenoxy) is 1. The molecule has 1 unspecified atom stereocenters. The zero-order valence-electron chi connectivity index (χ0n) is 15.4. The molecule has 1 aromatic heterocycles. The second-order valence-electron chi connectivity index (χ2n) is 6.77. The number of carbonyl (C=O) groups excluding carboxylic acids is 1. The van der Waals surface area contributed by atoms with E-state index in [1.807, 2.05) is 31.2 Å². The monoisotopic (exact) mass is 364 g/mol. The first kappa shape index (κ1) is 18.7. The molecule has 2 amide bonds. The van der Waals surface area contributed by atoms with E-state index >= 15 is 0 Å². The lowest BCUT2D eigenvalue weighted by Crippen LogP contribution is -2.36. The molecule has 2 aromatic rings. The highest BCUT2D eigenvalue weighted by atomic mass is 16.5. The lowest BCUT2D eigenvalue weighted by molar-refractivity contribution is 0.198. The molecular formula is C21H24N4O2. The zero-order chi connectivity index (χ0) is 19.1. The number of benzene rings is 1. The maximum Gasteiger partial charge on any atom is 0.315 e. The second kappa shape index (κ2) is 9.04. The third-order valence-electron chi connectivity index (χ3n) is 4.76. The van der Waals surface area contributed by atoms with E-state index in [1.54, 1.807) is 18.3 Å². The van der Waals surface area contributed by atoms with Gasteiger partial charge in [-0.2, -0.15) is 5.26 Å². The van der Waals surface area contributed by atoms with Gasteiger partial charge in [-0.05, 0) is 56.4 Å². The number of aromatic nitrogens is 1. The molecule has 1 saturated carbocycles. The quantitative estimate of drug-likeness (QED) is 0.815. The van der Waals surface area contributed by atoms with Crippen molar-refractivity contribution in [2.24, 2.45) is 0 Å². The molecule has 6 heteroatoms. The standard InChI is InChI=1S/C21H24N4O2/c1-15(17-10-8-16(13-22)9-11-17)25-21(26)24-14-18-5-4-12-23-20(18)27-19-6-2-3-7-19/h4-5,8-12,15,19H,2-3,6-7,14H2,1H3,(H2,24,25,26). The first-order valence-electron chi connectivity index (χ1n) is 9.30. The Morgan fingerprint density at radius 3 is 2.74 bits per heavy atom. The highest BCUT2D eigenvalue weighted by Gasteiger charge is 2.19. The number of urea groups is 1. The molecule has 0 spiro atoms. The summed E-state index contributed by atoms with van der Waals surface area (Å²) in [6.45, 7) is 2.25. The Balaban J connectivity index is 1.53. The predicted molar refractivity (Wildman–Crippen MR) is 102 cm³/mol. The molecule has 3 rings (SSSR count). The van der Waals surface area contributed by atoms with Gasteiger partial charge in [-0.15, -0.1) is 0 Å². The van der Waals surface area contributed by atoms with Gasteiger partial charge in [0.25, 0.3) is 0 Å². The zero-order valence-corrected chi connectivity index (χ0v) is 15.4. The molecule has 1 aromatic carbocycles. The summed E-state index contributed by atoms with van der Waals surface area (Å²) < 4.78 is 6.00. The van der Waals surface area contributed by atoms with E-state index in [9.17, 15) is 4.79 Å². The lowest BCUT2D eigenvalue weighted by atomic mass is 10.1. The minimum absolute atomic E-state index is 0.166. The van der Waals surface area contributed by atoms with Gasteiger partial charge in [-0.3, -0.25) is 0 Å². The Bertz CT molecular complexity index is 808. The van der Waals surface area contributed by atoms with E-state index in [2.05, 4.69) is 21.7 Å². The molecule has 1 heterocycles. The van der Waals surface area contributed by atoms with Crippen molar-refractivity contribution in [3.63, 3.8) is 0 Å². The maximum absolute atomic E-state index is 12.2. The minimum atomic E-state index is -0.262. The van der Waals surface area contributed by atoms with Crippen LogP contribution in [0.5, 0.6) is 5.88 Å². The fourth-order valence-electron chi connectivity index (χ4n) is 3.18. The SMILES string of the molecule is CC(NC(=O)NCc1cccnc1OC1CCCC1)c1ccc(C#N)cc1. The number of carbonyl (C=O) groups is 1. The molecule has 0 saturated heterocycles. The second-order valence-corrected chi connectivity index (χ2v) is 6.77. The van der Waals surface area contributed by atoms with E-state index in [-0.39, 0.29) is 18.2 Å². The molecule has 27 heavy (non-hydrogen) atoms. The van der Waals surface area contributed by atoms with Crippen LogP contribution in [-0.2, 0) is 6.54 Å². The van der Waals surface area contributed by atoms with Crippen LogP contribution in [0.1, 0.15) is 55.3 Å². The van der Waals surface area contributed by atoms with Crippen LogP contribution in [0.15, 0.2) is 42.6 Å². The summed E-state index contributed by atoms with van der Waals surface area (Å²) in [5.74, 6) is 0.602. The van der Waals surface area contributed by atoms with Crippen LogP contribution in [0.3, 0.4) is 0 Å². The van der Waals surface area contributed by atoms with E-state index in [0.29, 0.717) is 18.0 Å². The van der Waals surface area contributed by atoms with Crippen LogP contribution in [0, 0.1) is 11.3 Å². The first-order chi connectivity index (χ1) is 13.2. The largest absolute Gasteiger partial charge is 0.474 e. The van der Waals surface area contributed by atoms with E-state index < -0.39 is 0 Å². The average molecular weight is 364 g/mol. The topological polar surface area (TPSA) is 87.0 Å². The highest BCUT2D eigenvalue weighted by molar-refractivity contribution is 5.74. The number of hydrogen-bond donors (Lipinski definition) is 2. The molecule has 1 aliphatic rings. The van der Waals surface area contributed by atoms with Gasteiger partial charge < -0.3 is 15.4 Å². The maximum atomic E-state index is 12.2. The number of nitriles is 1. The van der Waals surface area contributed by atoms with Gasteiger partial charge in [-0.1, -0.05) is 18.2 Å². The van der Waals surface area contributed by atoms with Crippen molar-refractivity contribution in [3.8, 4) is 11.9 Å². The van der Waals surface area contributed by atoms with Crippen LogP contribution in [0.25, 0.3) is 0 Å². The predicted octanol–water partition coefficient (Wildman–Crippen LogP) is 3.84. The van der Waals surface area contributed by atoms with Crippen LogP contribution in [0.4, 0.5) is 4.79 Å². The lowest BCUT2D eigenvalue weighted by Gasteiger charge is -2.17. The van der Waals surface area contributed by atoms with Crippen molar-refractivity contribution < 1.29 is 9.53 Å². The number of amides is 2. The summed E-state index contributed by atoms with van der Waals surface area (Å²) >= 11 is 0. The van der Waals surface area contributed by atoms with Gasteiger partial charge in [-0.25, -0.2) is 9.78 Å². The van der Waals surface area contributed by atoms with Crippen molar-refractivity contribution in [2.75, 3.05) is 0 Å². The van der Waals surface area contributed by atoms with E-state index in [0.717, 1.165) is 24.0 Å². The minimum Gasteiger partial charge on any atom is -0.474 e. The fourth-order valence-corrected chi connectivity index (χ4v) is 3.18. The summed E-state index contributed by atoms with van der Waals surface area (Å²) in [6.07, 6.45) is 6.45. The number of hydrogen-bond acceptors (Lipinski definition) is 4. The Kier molecular flexibility index (Phi) is 6.26. The Hall–Kier alpha value is -3.07. The van der Waals surface area contributed by atoms with Crippen molar-refractivity contribution in [3.05, 3.63) is 59.3 Å². The van der Waals surface area contributed by atoms with Gasteiger partial charge >= 0.3 is 6.03 Å². The molecule has 2 N–H and O–H groups in total. The van der Waals surface area contributed by atoms with Gasteiger partial charge in [0.05, 0.1) is 17.7 Å². The Labute approximate surface area is 159 Å². The number of nitrogens with one attached hydrogen (secondary N) is 2. The van der Waals surface area contributed by atoms with E-state index in [1.165, 1.54) is 12.8 Å². The Morgan fingerprint density at radius 2 is 2.04 bits per heavy atom. The highest BCUT2D eigenvalue weighted by Crippen LogP contribution is 2.25. The average Bonchev–Trinajstić information content (AvgIpc) is 3.20. The molecule has 1 aliphatic carbocycles. The molecular weight excluding hydrogens is 340 g/mol. The molecule has 0 aliphatic heterocycles. The molecule has 1 atom stereocenters. The summed E-state index contributed by atoms with van der Waals surface area (Å²) in [6, 6.07) is 12.6. The molecule has 6 nitrogen and oxygen atoms in total. The van der Waals surface area contributed by atoms with Gasteiger partial charge in [0.15, 0.2) is 0 Å². The molecule has 0 radical (unpaired) electrons.